The molecule has 0 aliphatic carbocycles. The van der Waals surface area contributed by atoms with Gasteiger partial charge < -0.3 is 10.0 Å². The molecule has 0 aliphatic heterocycles. The molecule has 1 aromatic heterocycles. The van der Waals surface area contributed by atoms with Crippen LogP contribution in [0.1, 0.15) is 34.7 Å². The number of carbonyl (C=O) groups is 1. The Kier molecular flexibility index (Phi) is 5.26. The number of rotatable bonds is 4. The van der Waals surface area contributed by atoms with Gasteiger partial charge in [-0.1, -0.05) is 30.3 Å². The molecule has 144 valence electrons. The standard InChI is InChI=1S/C21H20FN3O3/c1-13-12-19(27)20(23-25(13)17-10-6-5-9-16(17)22)21(28)24(3)14(2)15-8-4-7-11-18(15)26/h4-12,14,26H,1-3H3/t14-/m1/s1. The number of hydrogen-bond donors (Lipinski definition) is 1. The summed E-state index contributed by atoms with van der Waals surface area (Å²) in [7, 11) is 1.52. The molecular weight excluding hydrogens is 361 g/mol. The molecule has 7 heteroatoms. The molecule has 0 saturated carbocycles. The van der Waals surface area contributed by atoms with Crippen LogP contribution in [-0.2, 0) is 0 Å². The van der Waals surface area contributed by atoms with Crippen molar-refractivity contribution in [3.05, 3.63) is 87.6 Å². The van der Waals surface area contributed by atoms with E-state index in [1.165, 1.54) is 40.9 Å². The van der Waals surface area contributed by atoms with E-state index in [2.05, 4.69) is 5.10 Å². The maximum absolute atomic E-state index is 14.2. The third-order valence-electron chi connectivity index (χ3n) is 4.68. The van der Waals surface area contributed by atoms with Gasteiger partial charge in [-0.05, 0) is 32.0 Å². The normalized spacial score (nSPS) is 11.9. The number of phenols is 1. The van der Waals surface area contributed by atoms with Gasteiger partial charge in [0.15, 0.2) is 5.69 Å². The quantitative estimate of drug-likeness (QED) is 0.753. The predicted octanol–water partition coefficient (Wildman–Crippen LogP) is 3.22. The maximum Gasteiger partial charge on any atom is 0.278 e. The van der Waals surface area contributed by atoms with Gasteiger partial charge in [0.25, 0.3) is 5.91 Å². The molecule has 0 unspecified atom stereocenters. The fourth-order valence-corrected chi connectivity index (χ4v) is 2.96. The zero-order valence-electron chi connectivity index (χ0n) is 15.8. The SMILES string of the molecule is Cc1cc(=O)c(C(=O)N(C)[C@H](C)c2ccccc2O)nn1-c1ccccc1F. The lowest BCUT2D eigenvalue weighted by Gasteiger charge is -2.25. The lowest BCUT2D eigenvalue weighted by Crippen LogP contribution is -2.35. The van der Waals surface area contributed by atoms with E-state index in [1.807, 2.05) is 0 Å². The Labute approximate surface area is 161 Å². The Morgan fingerprint density at radius 2 is 1.82 bits per heavy atom. The monoisotopic (exact) mass is 381 g/mol. The van der Waals surface area contributed by atoms with Crippen molar-refractivity contribution in [2.45, 2.75) is 19.9 Å². The summed E-state index contributed by atoms with van der Waals surface area (Å²) in [6.07, 6.45) is 0. The number of phenolic OH excluding ortho intramolecular Hbond substituents is 1. The summed E-state index contributed by atoms with van der Waals surface area (Å²) >= 11 is 0. The van der Waals surface area contributed by atoms with E-state index < -0.39 is 23.2 Å². The van der Waals surface area contributed by atoms with Gasteiger partial charge in [-0.25, -0.2) is 9.07 Å². The molecule has 0 fully saturated rings. The van der Waals surface area contributed by atoms with E-state index in [4.69, 9.17) is 0 Å². The van der Waals surface area contributed by atoms with Gasteiger partial charge in [-0.15, -0.1) is 0 Å². The van der Waals surface area contributed by atoms with Gasteiger partial charge in [0.1, 0.15) is 17.3 Å². The van der Waals surface area contributed by atoms with E-state index >= 15 is 0 Å². The highest BCUT2D eigenvalue weighted by atomic mass is 19.1. The zero-order chi connectivity index (χ0) is 20.4. The second-order valence-electron chi connectivity index (χ2n) is 6.51. The number of aromatic hydroxyl groups is 1. The predicted molar refractivity (Wildman–Crippen MR) is 103 cm³/mol. The summed E-state index contributed by atoms with van der Waals surface area (Å²) in [6, 6.07) is 13.4. The number of benzene rings is 2. The summed E-state index contributed by atoms with van der Waals surface area (Å²) in [5, 5.41) is 14.2. The molecular formula is C21H20FN3O3. The van der Waals surface area contributed by atoms with Crippen molar-refractivity contribution in [2.24, 2.45) is 0 Å². The molecule has 3 rings (SSSR count). The first-order valence-electron chi connectivity index (χ1n) is 8.72. The average Bonchev–Trinajstić information content (AvgIpc) is 2.68. The molecule has 1 N–H and O–H groups in total. The summed E-state index contributed by atoms with van der Waals surface area (Å²) in [6.45, 7) is 3.35. The first-order valence-corrected chi connectivity index (χ1v) is 8.72. The minimum Gasteiger partial charge on any atom is -0.508 e. The van der Waals surface area contributed by atoms with Gasteiger partial charge in [-0.2, -0.15) is 5.10 Å². The van der Waals surface area contributed by atoms with Crippen molar-refractivity contribution in [1.82, 2.24) is 14.7 Å². The molecule has 0 radical (unpaired) electrons. The molecule has 1 atom stereocenters. The van der Waals surface area contributed by atoms with Gasteiger partial charge >= 0.3 is 0 Å². The van der Waals surface area contributed by atoms with Crippen LogP contribution in [0.5, 0.6) is 5.75 Å². The number of aromatic nitrogens is 2. The summed E-state index contributed by atoms with van der Waals surface area (Å²) < 4.78 is 15.4. The second-order valence-corrected chi connectivity index (χ2v) is 6.51. The Bertz CT molecular complexity index is 1090. The third kappa shape index (κ3) is 3.51. The summed E-state index contributed by atoms with van der Waals surface area (Å²) in [5.74, 6) is -1.09. The first kappa shape index (κ1) is 19.3. The number of amides is 1. The van der Waals surface area contributed by atoms with Gasteiger partial charge in [0, 0.05) is 24.4 Å². The maximum atomic E-state index is 14.2. The van der Waals surface area contributed by atoms with Crippen LogP contribution in [0.25, 0.3) is 5.69 Å². The molecule has 0 bridgehead atoms. The van der Waals surface area contributed by atoms with E-state index in [-0.39, 0.29) is 17.1 Å². The third-order valence-corrected chi connectivity index (χ3v) is 4.68. The van der Waals surface area contributed by atoms with Crippen LogP contribution >= 0.6 is 0 Å². The second kappa shape index (κ2) is 7.64. The van der Waals surface area contributed by atoms with Crippen molar-refractivity contribution in [3.63, 3.8) is 0 Å². The number of aryl methyl sites for hydroxylation is 1. The van der Waals surface area contributed by atoms with Crippen LogP contribution < -0.4 is 5.43 Å². The zero-order valence-corrected chi connectivity index (χ0v) is 15.8. The lowest BCUT2D eigenvalue weighted by molar-refractivity contribution is 0.0731. The van der Waals surface area contributed by atoms with Crippen LogP contribution in [0.15, 0.2) is 59.4 Å². The van der Waals surface area contributed by atoms with Crippen molar-refractivity contribution < 1.29 is 14.3 Å². The average molecular weight is 381 g/mol. The van der Waals surface area contributed by atoms with Crippen LogP contribution in [-0.4, -0.2) is 32.7 Å². The van der Waals surface area contributed by atoms with E-state index in [0.29, 0.717) is 11.3 Å². The van der Waals surface area contributed by atoms with Crippen molar-refractivity contribution >= 4 is 5.91 Å². The van der Waals surface area contributed by atoms with E-state index in [9.17, 15) is 19.1 Å². The topological polar surface area (TPSA) is 75.4 Å². The summed E-state index contributed by atoms with van der Waals surface area (Å²) in [5.41, 5.74) is 0.221. The van der Waals surface area contributed by atoms with Crippen molar-refractivity contribution in [3.8, 4) is 11.4 Å². The van der Waals surface area contributed by atoms with Gasteiger partial charge in [0.05, 0.1) is 6.04 Å². The highest BCUT2D eigenvalue weighted by Crippen LogP contribution is 2.27. The molecule has 2 aromatic carbocycles. The van der Waals surface area contributed by atoms with Crippen LogP contribution in [0.2, 0.25) is 0 Å². The Morgan fingerprint density at radius 3 is 2.50 bits per heavy atom. The number of halogens is 1. The fraction of sp³-hybridized carbons (Fsp3) is 0.190. The molecule has 3 aromatic rings. The highest BCUT2D eigenvalue weighted by molar-refractivity contribution is 5.92. The Morgan fingerprint density at radius 1 is 1.18 bits per heavy atom. The largest absolute Gasteiger partial charge is 0.508 e. The van der Waals surface area contributed by atoms with Crippen molar-refractivity contribution in [1.29, 1.82) is 0 Å². The van der Waals surface area contributed by atoms with Gasteiger partial charge in [-0.3, -0.25) is 9.59 Å². The van der Waals surface area contributed by atoms with Crippen LogP contribution in [0.3, 0.4) is 0 Å². The number of hydrogen-bond acceptors (Lipinski definition) is 4. The fourth-order valence-electron chi connectivity index (χ4n) is 2.96. The summed E-state index contributed by atoms with van der Waals surface area (Å²) in [4.78, 5) is 26.7. The number of nitrogens with zero attached hydrogens (tertiary/aromatic N) is 3. The smallest absolute Gasteiger partial charge is 0.278 e. The van der Waals surface area contributed by atoms with Crippen molar-refractivity contribution in [2.75, 3.05) is 7.05 Å². The minimum atomic E-state index is -0.620. The molecule has 1 heterocycles. The van der Waals surface area contributed by atoms with E-state index in [1.54, 1.807) is 44.2 Å². The molecule has 0 saturated heterocycles. The highest BCUT2D eigenvalue weighted by Gasteiger charge is 2.25. The molecule has 1 amide bonds. The Hall–Kier alpha value is -3.48. The Balaban J connectivity index is 2.02. The molecule has 0 spiro atoms. The lowest BCUT2D eigenvalue weighted by atomic mass is 10.1. The van der Waals surface area contributed by atoms with E-state index in [0.717, 1.165) is 0 Å². The number of para-hydroxylation sites is 2. The first-order chi connectivity index (χ1) is 13.3. The number of carbonyl (C=O) groups excluding carboxylic acids is 1. The molecule has 0 aliphatic rings. The minimum absolute atomic E-state index is 0.0512. The van der Waals surface area contributed by atoms with Crippen LogP contribution in [0, 0.1) is 12.7 Å². The molecule has 6 nitrogen and oxygen atoms in total. The molecule has 28 heavy (non-hydrogen) atoms. The van der Waals surface area contributed by atoms with Gasteiger partial charge in [0.2, 0.25) is 5.43 Å². The van der Waals surface area contributed by atoms with Crippen LogP contribution in [0.4, 0.5) is 4.39 Å².